The summed E-state index contributed by atoms with van der Waals surface area (Å²) in [5, 5.41) is 8.72. The Morgan fingerprint density at radius 1 is 1.19 bits per heavy atom. The van der Waals surface area contributed by atoms with Gasteiger partial charge >= 0.3 is 5.97 Å². The van der Waals surface area contributed by atoms with Crippen molar-refractivity contribution in [1.29, 1.82) is 0 Å². The van der Waals surface area contributed by atoms with E-state index in [0.717, 1.165) is 16.9 Å². The maximum absolute atomic E-state index is 11.7. The Balaban J connectivity index is 2.00. The molecule has 0 aliphatic rings. The molecule has 0 saturated heterocycles. The number of benzene rings is 1. The molecule has 6 heteroatoms. The fourth-order valence-corrected chi connectivity index (χ4v) is 2.70. The molecule has 0 fully saturated rings. The number of hydrogen-bond acceptors (Lipinski definition) is 5. The molecule has 2 aromatic heterocycles. The van der Waals surface area contributed by atoms with Crippen molar-refractivity contribution >= 4 is 23.1 Å². The summed E-state index contributed by atoms with van der Waals surface area (Å²) in [5.41, 5.74) is 4.31. The number of hydrogen-bond donors (Lipinski definition) is 0. The van der Waals surface area contributed by atoms with Gasteiger partial charge in [-0.15, -0.1) is 10.2 Å². The molecule has 26 heavy (non-hydrogen) atoms. The Morgan fingerprint density at radius 2 is 1.92 bits per heavy atom. The lowest BCUT2D eigenvalue weighted by molar-refractivity contribution is -0.139. The van der Waals surface area contributed by atoms with Crippen LogP contribution in [0.2, 0.25) is 0 Å². The van der Waals surface area contributed by atoms with Gasteiger partial charge in [0.25, 0.3) is 0 Å². The lowest BCUT2D eigenvalue weighted by Crippen LogP contribution is -2.04. The summed E-state index contributed by atoms with van der Waals surface area (Å²) >= 11 is 0. The molecule has 134 valence electrons. The summed E-state index contributed by atoms with van der Waals surface area (Å²) in [6.07, 6.45) is 1.92. The highest BCUT2D eigenvalue weighted by atomic mass is 16.5. The minimum absolute atomic E-state index is 0.0538. The Bertz CT molecular complexity index is 956. The van der Waals surface area contributed by atoms with Gasteiger partial charge in [-0.3, -0.25) is 9.20 Å². The molecule has 3 rings (SSSR count). The zero-order chi connectivity index (χ0) is 18.7. The molecule has 0 unspecified atom stereocenters. The van der Waals surface area contributed by atoms with E-state index in [0.29, 0.717) is 17.4 Å². The molecule has 0 N–H and O–H groups in total. The second-order valence-corrected chi connectivity index (χ2v) is 6.47. The third-order valence-corrected chi connectivity index (χ3v) is 4.25. The summed E-state index contributed by atoms with van der Waals surface area (Å²) in [5.74, 6) is 0.653. The highest BCUT2D eigenvalue weighted by Crippen LogP contribution is 2.27. The molecule has 1 aromatic carbocycles. The van der Waals surface area contributed by atoms with E-state index < -0.39 is 0 Å². The van der Waals surface area contributed by atoms with Gasteiger partial charge in [-0.2, -0.15) is 0 Å². The van der Waals surface area contributed by atoms with Crippen LogP contribution in [-0.2, 0) is 16.0 Å². The number of carbonyl (C=O) groups excluding carboxylic acids is 1. The quantitative estimate of drug-likeness (QED) is 0.485. The standard InChI is InChI=1S/C20H22N4O2/c1-13(2)15-7-9-16(10-8-15)22-23-20-17(12-18(25)26-4)21-19-14(3)6-5-11-24(19)20/h5-11,13H,12H2,1-4H3. The third kappa shape index (κ3) is 3.64. The third-order valence-electron chi connectivity index (χ3n) is 4.25. The topological polar surface area (TPSA) is 68.3 Å². The number of aromatic nitrogens is 2. The van der Waals surface area contributed by atoms with Crippen LogP contribution in [0.25, 0.3) is 5.65 Å². The number of esters is 1. The van der Waals surface area contributed by atoms with Crippen molar-refractivity contribution in [3.05, 3.63) is 59.4 Å². The Morgan fingerprint density at radius 3 is 2.58 bits per heavy atom. The van der Waals surface area contributed by atoms with E-state index in [1.807, 2.05) is 53.9 Å². The molecule has 6 nitrogen and oxygen atoms in total. The van der Waals surface area contributed by atoms with Crippen molar-refractivity contribution in [1.82, 2.24) is 9.38 Å². The van der Waals surface area contributed by atoms with E-state index >= 15 is 0 Å². The monoisotopic (exact) mass is 350 g/mol. The maximum atomic E-state index is 11.7. The minimum atomic E-state index is -0.358. The van der Waals surface area contributed by atoms with Crippen LogP contribution < -0.4 is 0 Å². The number of nitrogens with zero attached hydrogens (tertiary/aromatic N) is 4. The largest absolute Gasteiger partial charge is 0.469 e. The van der Waals surface area contributed by atoms with Crippen LogP contribution in [0.1, 0.15) is 36.6 Å². The van der Waals surface area contributed by atoms with Crippen LogP contribution in [0.3, 0.4) is 0 Å². The number of azo groups is 1. The number of fused-ring (bicyclic) bond motifs is 1. The lowest BCUT2D eigenvalue weighted by Gasteiger charge is -2.04. The summed E-state index contributed by atoms with van der Waals surface area (Å²) in [7, 11) is 1.36. The van der Waals surface area contributed by atoms with Gasteiger partial charge in [0, 0.05) is 6.20 Å². The Hall–Kier alpha value is -3.02. The number of imidazole rings is 1. The molecule has 0 spiro atoms. The molecular weight excluding hydrogens is 328 g/mol. The van der Waals surface area contributed by atoms with Crippen molar-refractivity contribution in [3.63, 3.8) is 0 Å². The highest BCUT2D eigenvalue weighted by Gasteiger charge is 2.16. The minimum Gasteiger partial charge on any atom is -0.469 e. The number of carbonyl (C=O) groups is 1. The SMILES string of the molecule is COC(=O)Cc1nc2c(C)cccn2c1N=Nc1ccc(C(C)C)cc1. The predicted molar refractivity (Wildman–Crippen MR) is 100 cm³/mol. The number of methoxy groups -OCH3 is 1. The number of ether oxygens (including phenoxy) is 1. The van der Waals surface area contributed by atoms with Gasteiger partial charge in [0.2, 0.25) is 0 Å². The van der Waals surface area contributed by atoms with E-state index in [-0.39, 0.29) is 12.4 Å². The second-order valence-electron chi connectivity index (χ2n) is 6.47. The number of pyridine rings is 1. The van der Waals surface area contributed by atoms with Crippen molar-refractivity contribution in [2.75, 3.05) is 7.11 Å². The van der Waals surface area contributed by atoms with E-state index in [4.69, 9.17) is 4.74 Å². The van der Waals surface area contributed by atoms with E-state index in [2.05, 4.69) is 29.1 Å². The smallest absolute Gasteiger partial charge is 0.311 e. The first-order chi connectivity index (χ1) is 12.5. The highest BCUT2D eigenvalue weighted by molar-refractivity contribution is 5.74. The lowest BCUT2D eigenvalue weighted by atomic mass is 10.0. The average molecular weight is 350 g/mol. The van der Waals surface area contributed by atoms with Crippen LogP contribution in [0, 0.1) is 6.92 Å². The van der Waals surface area contributed by atoms with Crippen LogP contribution in [0.15, 0.2) is 52.8 Å². The first kappa shape index (κ1) is 17.8. The van der Waals surface area contributed by atoms with Crippen LogP contribution in [0.4, 0.5) is 11.5 Å². The van der Waals surface area contributed by atoms with Gasteiger partial charge < -0.3 is 4.74 Å². The van der Waals surface area contributed by atoms with Crippen molar-refractivity contribution in [2.24, 2.45) is 10.2 Å². The molecule has 0 bridgehead atoms. The summed E-state index contributed by atoms with van der Waals surface area (Å²) < 4.78 is 6.62. The summed E-state index contributed by atoms with van der Waals surface area (Å²) in [6.45, 7) is 6.27. The molecular formula is C20H22N4O2. The molecule has 0 amide bonds. The molecule has 0 aliphatic carbocycles. The van der Waals surface area contributed by atoms with Crippen molar-refractivity contribution in [2.45, 2.75) is 33.1 Å². The van der Waals surface area contributed by atoms with Gasteiger partial charge in [-0.25, -0.2) is 4.98 Å². The fraction of sp³-hybridized carbons (Fsp3) is 0.300. The van der Waals surface area contributed by atoms with Gasteiger partial charge in [0.05, 0.1) is 24.9 Å². The number of aryl methyl sites for hydroxylation is 1. The zero-order valence-corrected chi connectivity index (χ0v) is 15.4. The maximum Gasteiger partial charge on any atom is 0.311 e. The summed E-state index contributed by atoms with van der Waals surface area (Å²) in [6, 6.07) is 11.9. The molecule has 0 atom stereocenters. The first-order valence-electron chi connectivity index (χ1n) is 8.54. The summed E-state index contributed by atoms with van der Waals surface area (Å²) in [4.78, 5) is 16.3. The van der Waals surface area contributed by atoms with Crippen LogP contribution in [-0.4, -0.2) is 22.5 Å². The Kier molecular flexibility index (Phi) is 5.11. The van der Waals surface area contributed by atoms with Gasteiger partial charge in [0.15, 0.2) is 5.82 Å². The fourth-order valence-electron chi connectivity index (χ4n) is 2.70. The molecule has 0 radical (unpaired) electrons. The predicted octanol–water partition coefficient (Wildman–Crippen LogP) is 4.90. The average Bonchev–Trinajstić information content (AvgIpc) is 2.98. The van der Waals surface area contributed by atoms with Gasteiger partial charge in [0.1, 0.15) is 5.65 Å². The van der Waals surface area contributed by atoms with E-state index in [1.165, 1.54) is 12.7 Å². The van der Waals surface area contributed by atoms with Crippen LogP contribution >= 0.6 is 0 Å². The zero-order valence-electron chi connectivity index (χ0n) is 15.4. The normalized spacial score (nSPS) is 11.6. The molecule has 0 saturated carbocycles. The first-order valence-corrected chi connectivity index (χ1v) is 8.54. The van der Waals surface area contributed by atoms with Gasteiger partial charge in [-0.05, 0) is 42.2 Å². The van der Waals surface area contributed by atoms with Gasteiger partial charge in [-0.1, -0.05) is 32.0 Å². The van der Waals surface area contributed by atoms with E-state index in [1.54, 1.807) is 0 Å². The second kappa shape index (κ2) is 7.47. The van der Waals surface area contributed by atoms with Crippen molar-refractivity contribution in [3.8, 4) is 0 Å². The van der Waals surface area contributed by atoms with E-state index in [9.17, 15) is 4.79 Å². The molecule has 0 aliphatic heterocycles. The van der Waals surface area contributed by atoms with Crippen molar-refractivity contribution < 1.29 is 9.53 Å². The number of rotatable bonds is 5. The van der Waals surface area contributed by atoms with Crippen LogP contribution in [0.5, 0.6) is 0 Å². The Labute approximate surface area is 152 Å². The molecule has 3 aromatic rings. The molecule has 2 heterocycles.